The van der Waals surface area contributed by atoms with Gasteiger partial charge in [-0.25, -0.2) is 0 Å². The maximum atomic E-state index is 12.3. The van der Waals surface area contributed by atoms with Crippen molar-refractivity contribution in [1.82, 2.24) is 5.32 Å². The first-order chi connectivity index (χ1) is 11.8. The molecule has 1 amide bonds. The van der Waals surface area contributed by atoms with Crippen LogP contribution in [0.1, 0.15) is 24.8 Å². The van der Waals surface area contributed by atoms with Crippen molar-refractivity contribution in [3.05, 3.63) is 60.2 Å². The van der Waals surface area contributed by atoms with Gasteiger partial charge in [0.25, 0.3) is 0 Å². The molecule has 3 rings (SSSR count). The summed E-state index contributed by atoms with van der Waals surface area (Å²) in [4.78, 5) is 12.3. The molecule has 2 aromatic rings. The van der Waals surface area contributed by atoms with Crippen LogP contribution in [0.2, 0.25) is 0 Å². The molecule has 2 aromatic carbocycles. The van der Waals surface area contributed by atoms with Gasteiger partial charge in [-0.05, 0) is 48.4 Å². The van der Waals surface area contributed by atoms with Gasteiger partial charge in [-0.3, -0.25) is 4.79 Å². The Morgan fingerprint density at radius 1 is 1.04 bits per heavy atom. The molecule has 4 heteroatoms. The normalized spacial score (nSPS) is 19.2. The number of rotatable bonds is 6. The van der Waals surface area contributed by atoms with E-state index in [0.717, 1.165) is 25.7 Å². The summed E-state index contributed by atoms with van der Waals surface area (Å²) in [6.45, 7) is 1.31. The molecule has 1 fully saturated rings. The largest absolute Gasteiger partial charge is 0.356 e. The van der Waals surface area contributed by atoms with Crippen LogP contribution in [-0.2, 0) is 11.2 Å². The summed E-state index contributed by atoms with van der Waals surface area (Å²) >= 11 is 0. The predicted octanol–water partition coefficient (Wildman–Crippen LogP) is 3.81. The third-order valence-electron chi connectivity index (χ3n) is 5.05. The SMILES string of the molecule is Cl.NC[C@H]1CCC[C@H]1C(=O)NCCc1cccc(-c2ccccc2)c1. The number of amides is 1. The lowest BCUT2D eigenvalue weighted by molar-refractivity contribution is -0.125. The van der Waals surface area contributed by atoms with Gasteiger partial charge in [0.05, 0.1) is 0 Å². The van der Waals surface area contributed by atoms with Crippen molar-refractivity contribution in [3.8, 4) is 11.1 Å². The van der Waals surface area contributed by atoms with E-state index in [-0.39, 0.29) is 24.2 Å². The quantitative estimate of drug-likeness (QED) is 0.825. The molecule has 0 aliphatic heterocycles. The molecule has 0 unspecified atom stereocenters. The molecule has 0 saturated heterocycles. The van der Waals surface area contributed by atoms with E-state index in [1.54, 1.807) is 0 Å². The van der Waals surface area contributed by atoms with E-state index in [1.807, 2.05) is 6.07 Å². The van der Waals surface area contributed by atoms with Crippen LogP contribution in [-0.4, -0.2) is 19.0 Å². The van der Waals surface area contributed by atoms with E-state index in [2.05, 4.69) is 53.8 Å². The highest BCUT2D eigenvalue weighted by atomic mass is 35.5. The highest BCUT2D eigenvalue weighted by Crippen LogP contribution is 2.30. The second-order valence-corrected chi connectivity index (χ2v) is 6.64. The Morgan fingerprint density at radius 2 is 1.80 bits per heavy atom. The summed E-state index contributed by atoms with van der Waals surface area (Å²) in [5.41, 5.74) is 9.47. The van der Waals surface area contributed by atoms with Crippen molar-refractivity contribution in [2.75, 3.05) is 13.1 Å². The summed E-state index contributed by atoms with van der Waals surface area (Å²) in [6, 6.07) is 18.9. The molecule has 0 bridgehead atoms. The second kappa shape index (κ2) is 9.59. The van der Waals surface area contributed by atoms with Gasteiger partial charge in [0.15, 0.2) is 0 Å². The fraction of sp³-hybridized carbons (Fsp3) is 0.381. The Bertz CT molecular complexity index is 675. The zero-order valence-corrected chi connectivity index (χ0v) is 15.3. The number of halogens is 1. The molecule has 0 radical (unpaired) electrons. The van der Waals surface area contributed by atoms with E-state index in [4.69, 9.17) is 5.73 Å². The van der Waals surface area contributed by atoms with Crippen LogP contribution < -0.4 is 11.1 Å². The Balaban J connectivity index is 0.00000225. The summed E-state index contributed by atoms with van der Waals surface area (Å²) in [5.74, 6) is 0.666. The highest BCUT2D eigenvalue weighted by Gasteiger charge is 2.31. The van der Waals surface area contributed by atoms with Crippen molar-refractivity contribution in [3.63, 3.8) is 0 Å². The van der Waals surface area contributed by atoms with Gasteiger partial charge in [0.2, 0.25) is 5.91 Å². The molecule has 1 aliphatic carbocycles. The number of carbonyl (C=O) groups is 1. The summed E-state index contributed by atoms with van der Waals surface area (Å²) in [5, 5.41) is 3.10. The van der Waals surface area contributed by atoms with Crippen LogP contribution in [0, 0.1) is 11.8 Å². The predicted molar refractivity (Wildman–Crippen MR) is 106 cm³/mol. The Morgan fingerprint density at radius 3 is 2.56 bits per heavy atom. The van der Waals surface area contributed by atoms with Gasteiger partial charge in [0, 0.05) is 12.5 Å². The number of hydrogen-bond donors (Lipinski definition) is 2. The molecule has 25 heavy (non-hydrogen) atoms. The lowest BCUT2D eigenvalue weighted by Gasteiger charge is -2.17. The summed E-state index contributed by atoms with van der Waals surface area (Å²) in [7, 11) is 0. The van der Waals surface area contributed by atoms with Crippen LogP contribution >= 0.6 is 12.4 Å². The minimum Gasteiger partial charge on any atom is -0.356 e. The fourth-order valence-corrected chi connectivity index (χ4v) is 3.66. The number of nitrogens with two attached hydrogens (primary N) is 1. The lowest BCUT2D eigenvalue weighted by atomic mass is 9.95. The molecular formula is C21H27ClN2O. The maximum Gasteiger partial charge on any atom is 0.223 e. The molecule has 1 aliphatic rings. The first kappa shape index (κ1) is 19.5. The maximum absolute atomic E-state index is 12.3. The first-order valence-electron chi connectivity index (χ1n) is 8.90. The number of benzene rings is 2. The van der Waals surface area contributed by atoms with Crippen molar-refractivity contribution in [2.45, 2.75) is 25.7 Å². The van der Waals surface area contributed by atoms with Crippen LogP contribution in [0.15, 0.2) is 54.6 Å². The summed E-state index contributed by atoms with van der Waals surface area (Å²) < 4.78 is 0. The topological polar surface area (TPSA) is 55.1 Å². The van der Waals surface area contributed by atoms with Crippen LogP contribution in [0.3, 0.4) is 0 Å². The molecule has 0 aromatic heterocycles. The Hall–Kier alpha value is -1.84. The number of carbonyl (C=O) groups excluding carboxylic acids is 1. The van der Waals surface area contributed by atoms with Gasteiger partial charge in [-0.1, -0.05) is 61.0 Å². The minimum atomic E-state index is 0. The van der Waals surface area contributed by atoms with E-state index in [0.29, 0.717) is 19.0 Å². The average molecular weight is 359 g/mol. The zero-order valence-electron chi connectivity index (χ0n) is 14.5. The molecule has 0 spiro atoms. The van der Waals surface area contributed by atoms with Gasteiger partial charge >= 0.3 is 0 Å². The van der Waals surface area contributed by atoms with E-state index in [1.165, 1.54) is 16.7 Å². The minimum absolute atomic E-state index is 0. The number of nitrogens with one attached hydrogen (secondary N) is 1. The average Bonchev–Trinajstić information content (AvgIpc) is 3.11. The van der Waals surface area contributed by atoms with Gasteiger partial charge in [-0.15, -0.1) is 12.4 Å². The molecule has 3 nitrogen and oxygen atoms in total. The van der Waals surface area contributed by atoms with Crippen LogP contribution in [0.5, 0.6) is 0 Å². The monoisotopic (exact) mass is 358 g/mol. The smallest absolute Gasteiger partial charge is 0.223 e. The van der Waals surface area contributed by atoms with Crippen molar-refractivity contribution in [2.24, 2.45) is 17.6 Å². The van der Waals surface area contributed by atoms with Gasteiger partial charge < -0.3 is 11.1 Å². The second-order valence-electron chi connectivity index (χ2n) is 6.64. The molecule has 0 heterocycles. The van der Waals surface area contributed by atoms with Crippen LogP contribution in [0.4, 0.5) is 0 Å². The van der Waals surface area contributed by atoms with E-state index >= 15 is 0 Å². The Kier molecular flexibility index (Phi) is 7.48. The van der Waals surface area contributed by atoms with E-state index < -0.39 is 0 Å². The van der Waals surface area contributed by atoms with Gasteiger partial charge in [0.1, 0.15) is 0 Å². The standard InChI is InChI=1S/C21H26N2O.ClH/c22-15-19-10-5-11-20(19)21(24)23-13-12-16-6-4-9-18(14-16)17-7-2-1-3-8-17;/h1-4,6-9,14,19-20H,5,10-13,15,22H2,(H,23,24);1H/t19-,20-;/m1./s1. The number of hydrogen-bond acceptors (Lipinski definition) is 2. The molecular weight excluding hydrogens is 332 g/mol. The lowest BCUT2D eigenvalue weighted by Crippen LogP contribution is -2.36. The molecule has 2 atom stereocenters. The summed E-state index contributed by atoms with van der Waals surface area (Å²) in [6.07, 6.45) is 4.05. The third-order valence-corrected chi connectivity index (χ3v) is 5.05. The molecule has 1 saturated carbocycles. The van der Waals surface area contributed by atoms with Crippen LogP contribution in [0.25, 0.3) is 11.1 Å². The van der Waals surface area contributed by atoms with Crippen molar-refractivity contribution < 1.29 is 4.79 Å². The highest BCUT2D eigenvalue weighted by molar-refractivity contribution is 5.85. The van der Waals surface area contributed by atoms with Crippen molar-refractivity contribution >= 4 is 18.3 Å². The third kappa shape index (κ3) is 5.07. The zero-order chi connectivity index (χ0) is 16.8. The molecule has 3 N–H and O–H groups in total. The Labute approximate surface area is 156 Å². The molecule has 134 valence electrons. The fourth-order valence-electron chi connectivity index (χ4n) is 3.66. The van der Waals surface area contributed by atoms with E-state index in [9.17, 15) is 4.79 Å². The van der Waals surface area contributed by atoms with Crippen molar-refractivity contribution in [1.29, 1.82) is 0 Å². The first-order valence-corrected chi connectivity index (χ1v) is 8.90. The van der Waals surface area contributed by atoms with Gasteiger partial charge in [-0.2, -0.15) is 0 Å².